The van der Waals surface area contributed by atoms with Crippen LogP contribution in [0.15, 0.2) is 47.4 Å². The van der Waals surface area contributed by atoms with Crippen LogP contribution in [0.1, 0.15) is 23.4 Å². The number of sulfonamides is 1. The van der Waals surface area contributed by atoms with Gasteiger partial charge in [0.25, 0.3) is 0 Å². The van der Waals surface area contributed by atoms with E-state index in [1.54, 1.807) is 42.4 Å². The summed E-state index contributed by atoms with van der Waals surface area (Å²) < 4.78 is 38.5. The molecule has 0 spiro atoms. The van der Waals surface area contributed by atoms with Crippen molar-refractivity contribution in [2.45, 2.75) is 23.6 Å². The predicted molar refractivity (Wildman–Crippen MR) is 104 cm³/mol. The summed E-state index contributed by atoms with van der Waals surface area (Å²) in [5.41, 5.74) is 2.01. The number of rotatable bonds is 6. The van der Waals surface area contributed by atoms with Crippen LogP contribution in [0.5, 0.6) is 11.5 Å². The smallest absolute Gasteiger partial charge is 0.244 e. The molecular weight excluding hydrogens is 370 g/mol. The first kappa shape index (κ1) is 19.1. The van der Waals surface area contributed by atoms with Gasteiger partial charge in [-0.3, -0.25) is 0 Å². The third-order valence-electron chi connectivity index (χ3n) is 4.48. The third-order valence-corrected chi connectivity index (χ3v) is 7.75. The Hall–Kier alpha value is -1.70. The van der Waals surface area contributed by atoms with Crippen LogP contribution in [0.4, 0.5) is 0 Å². The lowest BCUT2D eigenvalue weighted by Gasteiger charge is -2.24. The number of methoxy groups -OCH3 is 2. The Kier molecular flexibility index (Phi) is 5.79. The fourth-order valence-corrected chi connectivity index (χ4v) is 6.23. The number of thioether (sulfide) groups is 1. The minimum atomic E-state index is -3.56. The van der Waals surface area contributed by atoms with E-state index in [4.69, 9.17) is 9.47 Å². The van der Waals surface area contributed by atoms with E-state index < -0.39 is 10.0 Å². The summed E-state index contributed by atoms with van der Waals surface area (Å²) in [6.07, 6.45) is 0.883. The van der Waals surface area contributed by atoms with Crippen molar-refractivity contribution in [2.24, 2.45) is 0 Å². The minimum absolute atomic E-state index is 0.273. The number of benzene rings is 2. The monoisotopic (exact) mass is 393 g/mol. The lowest BCUT2D eigenvalue weighted by molar-refractivity contribution is 0.353. The maximum absolute atomic E-state index is 13.2. The summed E-state index contributed by atoms with van der Waals surface area (Å²) in [6.45, 7) is 2.54. The summed E-state index contributed by atoms with van der Waals surface area (Å²) in [7, 11) is -0.397. The molecule has 1 aliphatic rings. The molecule has 1 atom stereocenters. The van der Waals surface area contributed by atoms with Crippen molar-refractivity contribution in [1.29, 1.82) is 0 Å². The molecule has 0 bridgehead atoms. The average Bonchev–Trinajstić information content (AvgIpc) is 3.18. The normalized spacial score (nSPS) is 18.0. The van der Waals surface area contributed by atoms with Crippen molar-refractivity contribution in [3.63, 3.8) is 0 Å². The first-order valence-corrected chi connectivity index (χ1v) is 10.9. The van der Waals surface area contributed by atoms with E-state index >= 15 is 0 Å². The van der Waals surface area contributed by atoms with Crippen LogP contribution in [-0.4, -0.2) is 39.2 Å². The molecule has 1 aliphatic heterocycles. The molecule has 2 aromatic rings. The van der Waals surface area contributed by atoms with Gasteiger partial charge in [-0.05, 0) is 41.8 Å². The molecule has 7 heteroatoms. The van der Waals surface area contributed by atoms with Crippen LogP contribution >= 0.6 is 11.8 Å². The number of ether oxygens (including phenoxy) is 2. The summed E-state index contributed by atoms with van der Waals surface area (Å²) in [6, 6.07) is 12.7. The van der Waals surface area contributed by atoms with E-state index in [2.05, 4.69) is 0 Å². The minimum Gasteiger partial charge on any atom is -0.493 e. The SMILES string of the molecule is CCc1ccc(S(=O)(=O)N2CCS[C@@H]2c2ccc(OC)c(OC)c2)cc1. The van der Waals surface area contributed by atoms with Gasteiger partial charge in [0.15, 0.2) is 11.5 Å². The Morgan fingerprint density at radius 3 is 2.38 bits per heavy atom. The van der Waals surface area contributed by atoms with Crippen LogP contribution < -0.4 is 9.47 Å². The zero-order chi connectivity index (χ0) is 18.7. The van der Waals surface area contributed by atoms with E-state index in [0.717, 1.165) is 23.3 Å². The topological polar surface area (TPSA) is 55.8 Å². The van der Waals surface area contributed by atoms with Gasteiger partial charge in [0, 0.05) is 12.3 Å². The van der Waals surface area contributed by atoms with Gasteiger partial charge in [-0.25, -0.2) is 8.42 Å². The molecule has 0 aliphatic carbocycles. The van der Waals surface area contributed by atoms with Crippen LogP contribution in [0.3, 0.4) is 0 Å². The first-order valence-electron chi connectivity index (χ1n) is 8.45. The maximum Gasteiger partial charge on any atom is 0.244 e. The van der Waals surface area contributed by atoms with E-state index in [9.17, 15) is 8.42 Å². The van der Waals surface area contributed by atoms with Crippen LogP contribution in [-0.2, 0) is 16.4 Å². The van der Waals surface area contributed by atoms with E-state index in [1.807, 2.05) is 37.3 Å². The van der Waals surface area contributed by atoms with Gasteiger partial charge in [-0.2, -0.15) is 4.31 Å². The Balaban J connectivity index is 1.94. The highest BCUT2D eigenvalue weighted by molar-refractivity contribution is 8.01. The summed E-state index contributed by atoms with van der Waals surface area (Å²) >= 11 is 1.62. The second-order valence-corrected chi connectivity index (χ2v) is 9.03. The Morgan fingerprint density at radius 2 is 1.77 bits per heavy atom. The van der Waals surface area contributed by atoms with Gasteiger partial charge in [-0.1, -0.05) is 25.1 Å². The van der Waals surface area contributed by atoms with Crippen molar-refractivity contribution in [1.82, 2.24) is 4.31 Å². The van der Waals surface area contributed by atoms with Gasteiger partial charge in [0.1, 0.15) is 0 Å². The average molecular weight is 394 g/mol. The highest BCUT2D eigenvalue weighted by atomic mass is 32.2. The van der Waals surface area contributed by atoms with E-state index in [-0.39, 0.29) is 5.37 Å². The summed E-state index contributed by atoms with van der Waals surface area (Å²) in [5, 5.41) is -0.273. The first-order chi connectivity index (χ1) is 12.5. The number of nitrogens with zero attached hydrogens (tertiary/aromatic N) is 1. The molecule has 3 rings (SSSR count). The lowest BCUT2D eigenvalue weighted by atomic mass is 10.2. The summed E-state index contributed by atoms with van der Waals surface area (Å²) in [4.78, 5) is 0.336. The molecule has 1 fully saturated rings. The Bertz CT molecular complexity index is 866. The molecule has 1 saturated heterocycles. The lowest BCUT2D eigenvalue weighted by Crippen LogP contribution is -2.30. The Labute approximate surface area is 159 Å². The molecule has 0 aromatic heterocycles. The van der Waals surface area contributed by atoms with Gasteiger partial charge >= 0.3 is 0 Å². The largest absolute Gasteiger partial charge is 0.493 e. The van der Waals surface area contributed by atoms with Crippen molar-refractivity contribution < 1.29 is 17.9 Å². The highest BCUT2D eigenvalue weighted by Crippen LogP contribution is 2.43. The van der Waals surface area contributed by atoms with Crippen molar-refractivity contribution in [3.05, 3.63) is 53.6 Å². The molecule has 2 aromatic carbocycles. The van der Waals surface area contributed by atoms with E-state index in [1.165, 1.54) is 0 Å². The van der Waals surface area contributed by atoms with Gasteiger partial charge in [-0.15, -0.1) is 11.8 Å². The zero-order valence-electron chi connectivity index (χ0n) is 15.1. The standard InChI is InChI=1S/C19H23NO4S2/c1-4-14-5-8-16(9-6-14)26(21,22)20-11-12-25-19(20)15-7-10-17(23-2)18(13-15)24-3/h5-10,13,19H,4,11-12H2,1-3H3/t19-/m1/s1. The second-order valence-electron chi connectivity index (χ2n) is 5.95. The third kappa shape index (κ3) is 3.56. The highest BCUT2D eigenvalue weighted by Gasteiger charge is 2.37. The van der Waals surface area contributed by atoms with Gasteiger partial charge < -0.3 is 9.47 Å². The Morgan fingerprint density at radius 1 is 1.08 bits per heavy atom. The zero-order valence-corrected chi connectivity index (χ0v) is 16.8. The number of hydrogen-bond acceptors (Lipinski definition) is 5. The molecule has 0 amide bonds. The molecule has 0 unspecified atom stereocenters. The molecule has 1 heterocycles. The van der Waals surface area contributed by atoms with Gasteiger partial charge in [0.2, 0.25) is 10.0 Å². The molecule has 0 N–H and O–H groups in total. The predicted octanol–water partition coefficient (Wildman–Crippen LogP) is 3.70. The van der Waals surface area contributed by atoms with Crippen LogP contribution in [0, 0.1) is 0 Å². The number of aryl methyl sites for hydroxylation is 1. The van der Waals surface area contributed by atoms with E-state index in [0.29, 0.717) is 22.9 Å². The molecule has 26 heavy (non-hydrogen) atoms. The molecule has 140 valence electrons. The molecular formula is C19H23NO4S2. The fourth-order valence-electron chi connectivity index (χ4n) is 3.00. The molecule has 0 saturated carbocycles. The fraction of sp³-hybridized carbons (Fsp3) is 0.368. The summed E-state index contributed by atoms with van der Waals surface area (Å²) in [5.74, 6) is 1.98. The van der Waals surface area contributed by atoms with Crippen molar-refractivity contribution in [3.8, 4) is 11.5 Å². The van der Waals surface area contributed by atoms with Crippen LogP contribution in [0.25, 0.3) is 0 Å². The number of hydrogen-bond donors (Lipinski definition) is 0. The van der Waals surface area contributed by atoms with Crippen molar-refractivity contribution >= 4 is 21.8 Å². The second kappa shape index (κ2) is 7.90. The quantitative estimate of drug-likeness (QED) is 0.749. The molecule has 0 radical (unpaired) electrons. The van der Waals surface area contributed by atoms with Crippen molar-refractivity contribution in [2.75, 3.05) is 26.5 Å². The van der Waals surface area contributed by atoms with Gasteiger partial charge in [0.05, 0.1) is 24.5 Å². The molecule has 5 nitrogen and oxygen atoms in total. The maximum atomic E-state index is 13.2. The van der Waals surface area contributed by atoms with Crippen LogP contribution in [0.2, 0.25) is 0 Å².